The fourth-order valence-electron chi connectivity index (χ4n) is 4.18. The number of methoxy groups -OCH3 is 1. The van der Waals surface area contributed by atoms with Gasteiger partial charge in [-0.3, -0.25) is 0 Å². The summed E-state index contributed by atoms with van der Waals surface area (Å²) in [6.45, 7) is 2.02. The van der Waals surface area contributed by atoms with Crippen LogP contribution >= 0.6 is 0 Å². The lowest BCUT2D eigenvalue weighted by Crippen LogP contribution is -2.17. The molecule has 0 saturated carbocycles. The Morgan fingerprint density at radius 1 is 0.806 bits per heavy atom. The largest absolute Gasteiger partial charge is 0.482 e. The zero-order valence-corrected chi connectivity index (χ0v) is 19.7. The number of hydrogen-bond acceptors (Lipinski definition) is 8. The second kappa shape index (κ2) is 9.67. The normalized spacial score (nSPS) is 13.7. The van der Waals surface area contributed by atoms with Crippen LogP contribution in [-0.4, -0.2) is 44.8 Å². The van der Waals surface area contributed by atoms with Crippen LogP contribution in [0, 0.1) is 6.92 Å². The molecule has 0 saturated heterocycles. The summed E-state index contributed by atoms with van der Waals surface area (Å²) in [6.07, 6.45) is 0. The molecular formula is C28H22O8. The van der Waals surface area contributed by atoms with Crippen molar-refractivity contribution in [3.8, 4) is 17.2 Å². The fourth-order valence-corrected chi connectivity index (χ4v) is 4.18. The molecule has 0 spiro atoms. The van der Waals surface area contributed by atoms with Gasteiger partial charge in [-0.05, 0) is 47.9 Å². The van der Waals surface area contributed by atoms with E-state index < -0.39 is 17.9 Å². The highest BCUT2D eigenvalue weighted by Gasteiger charge is 2.30. The SMILES string of the molecule is COCCOC(=O)COc1ccc(C2=c3cc4c(cc3OC2=O)=C(c2ccccc2)C(=O)O4)cc1C. The predicted octanol–water partition coefficient (Wildman–Crippen LogP) is 1.80. The van der Waals surface area contributed by atoms with Gasteiger partial charge in [0.25, 0.3) is 0 Å². The minimum Gasteiger partial charge on any atom is -0.482 e. The maximum absolute atomic E-state index is 12.8. The van der Waals surface area contributed by atoms with Gasteiger partial charge in [0.05, 0.1) is 17.8 Å². The van der Waals surface area contributed by atoms with Gasteiger partial charge in [0, 0.05) is 17.5 Å². The zero-order valence-electron chi connectivity index (χ0n) is 19.7. The molecule has 0 amide bonds. The molecular weight excluding hydrogens is 464 g/mol. The molecule has 2 heterocycles. The summed E-state index contributed by atoms with van der Waals surface area (Å²) in [6, 6.07) is 17.7. The maximum atomic E-state index is 12.8. The van der Waals surface area contributed by atoms with Gasteiger partial charge in [-0.2, -0.15) is 0 Å². The van der Waals surface area contributed by atoms with Gasteiger partial charge >= 0.3 is 17.9 Å². The number of hydrogen-bond donors (Lipinski definition) is 0. The molecule has 3 aromatic carbocycles. The van der Waals surface area contributed by atoms with Crippen molar-refractivity contribution >= 4 is 29.1 Å². The zero-order chi connectivity index (χ0) is 25.2. The van der Waals surface area contributed by atoms with Crippen LogP contribution in [0.2, 0.25) is 0 Å². The van der Waals surface area contributed by atoms with Crippen LogP contribution in [0.25, 0.3) is 11.1 Å². The molecule has 8 nitrogen and oxygen atoms in total. The Hall–Kier alpha value is -4.43. The first-order valence-electron chi connectivity index (χ1n) is 11.3. The Morgan fingerprint density at radius 3 is 2.06 bits per heavy atom. The van der Waals surface area contributed by atoms with E-state index in [1.54, 1.807) is 30.3 Å². The molecule has 0 aliphatic carbocycles. The lowest BCUT2D eigenvalue weighted by molar-refractivity contribution is -0.147. The number of esters is 3. The third kappa shape index (κ3) is 4.34. The minimum absolute atomic E-state index is 0.153. The highest BCUT2D eigenvalue weighted by Crippen LogP contribution is 2.29. The lowest BCUT2D eigenvalue weighted by Gasteiger charge is -2.10. The average Bonchev–Trinajstić information content (AvgIpc) is 3.36. The van der Waals surface area contributed by atoms with Gasteiger partial charge in [0.1, 0.15) is 23.9 Å². The highest BCUT2D eigenvalue weighted by molar-refractivity contribution is 6.21. The summed E-state index contributed by atoms with van der Waals surface area (Å²) in [5.74, 6) is -0.246. The van der Waals surface area contributed by atoms with Crippen LogP contribution in [0.4, 0.5) is 0 Å². The van der Waals surface area contributed by atoms with E-state index in [2.05, 4.69) is 0 Å². The van der Waals surface area contributed by atoms with E-state index in [4.69, 9.17) is 23.7 Å². The van der Waals surface area contributed by atoms with E-state index in [1.807, 2.05) is 37.3 Å². The number of ether oxygens (including phenoxy) is 5. The molecule has 0 radical (unpaired) electrons. The number of aryl methyl sites for hydroxylation is 1. The first kappa shape index (κ1) is 23.3. The van der Waals surface area contributed by atoms with Crippen molar-refractivity contribution in [3.05, 3.63) is 87.8 Å². The van der Waals surface area contributed by atoms with Crippen molar-refractivity contribution in [2.24, 2.45) is 0 Å². The van der Waals surface area contributed by atoms with E-state index in [0.29, 0.717) is 51.0 Å². The molecule has 2 aliphatic heterocycles. The van der Waals surface area contributed by atoms with Gasteiger partial charge in [0.2, 0.25) is 0 Å². The number of fused-ring (bicyclic) bond motifs is 2. The second-order valence-corrected chi connectivity index (χ2v) is 8.22. The molecule has 36 heavy (non-hydrogen) atoms. The van der Waals surface area contributed by atoms with Gasteiger partial charge in [-0.15, -0.1) is 0 Å². The Labute approximate surface area is 206 Å². The van der Waals surface area contributed by atoms with Crippen molar-refractivity contribution in [1.29, 1.82) is 0 Å². The third-order valence-electron chi connectivity index (χ3n) is 5.86. The van der Waals surface area contributed by atoms with Gasteiger partial charge in [-0.25, -0.2) is 14.4 Å². The van der Waals surface area contributed by atoms with Gasteiger partial charge in [-0.1, -0.05) is 36.4 Å². The van der Waals surface area contributed by atoms with Gasteiger partial charge in [0.15, 0.2) is 6.61 Å². The van der Waals surface area contributed by atoms with Crippen molar-refractivity contribution < 1.29 is 38.1 Å². The third-order valence-corrected chi connectivity index (χ3v) is 5.86. The summed E-state index contributed by atoms with van der Waals surface area (Å²) in [5, 5.41) is 1.12. The monoisotopic (exact) mass is 486 g/mol. The van der Waals surface area contributed by atoms with Crippen molar-refractivity contribution in [2.75, 3.05) is 26.9 Å². The molecule has 0 unspecified atom stereocenters. The summed E-state index contributed by atoms with van der Waals surface area (Å²) in [4.78, 5) is 37.2. The van der Waals surface area contributed by atoms with Crippen molar-refractivity contribution in [1.82, 2.24) is 0 Å². The molecule has 0 aromatic heterocycles. The summed E-state index contributed by atoms with van der Waals surface area (Å²) >= 11 is 0. The first-order chi connectivity index (χ1) is 17.5. The van der Waals surface area contributed by atoms with Crippen molar-refractivity contribution in [3.63, 3.8) is 0 Å². The quantitative estimate of drug-likeness (QED) is 0.270. The molecule has 0 fully saturated rings. The Bertz CT molecular complexity index is 1500. The molecule has 0 bridgehead atoms. The van der Waals surface area contributed by atoms with Crippen LogP contribution in [0.1, 0.15) is 16.7 Å². The van der Waals surface area contributed by atoms with Crippen LogP contribution in [0.15, 0.2) is 60.7 Å². The summed E-state index contributed by atoms with van der Waals surface area (Å²) < 4.78 is 26.5. The standard InChI is InChI=1S/C28H22O8/c1-16-12-18(8-9-21(16)34-15-24(29)33-11-10-32-2)26-20-14-22-19(13-23(20)36-28(26)31)25(27(30)35-22)17-6-4-3-5-7-17/h3-9,12-14H,10-11,15H2,1-2H3. The molecule has 5 rings (SSSR count). The van der Waals surface area contributed by atoms with E-state index in [9.17, 15) is 14.4 Å². The second-order valence-electron chi connectivity index (χ2n) is 8.22. The van der Waals surface area contributed by atoms with E-state index in [0.717, 1.165) is 11.1 Å². The molecule has 0 N–H and O–H groups in total. The van der Waals surface area contributed by atoms with E-state index in [-0.39, 0.29) is 13.2 Å². The van der Waals surface area contributed by atoms with Crippen LogP contribution in [-0.2, 0) is 23.9 Å². The van der Waals surface area contributed by atoms with Gasteiger partial charge < -0.3 is 23.7 Å². The Kier molecular flexibility index (Phi) is 6.26. The summed E-state index contributed by atoms with van der Waals surface area (Å²) in [7, 11) is 1.52. The predicted molar refractivity (Wildman–Crippen MR) is 128 cm³/mol. The van der Waals surface area contributed by atoms with E-state index >= 15 is 0 Å². The number of carbonyl (C=O) groups excluding carboxylic acids is 3. The number of benzene rings is 3. The van der Waals surface area contributed by atoms with Crippen LogP contribution in [0.5, 0.6) is 17.2 Å². The molecule has 3 aromatic rings. The molecule has 8 heteroatoms. The highest BCUT2D eigenvalue weighted by atomic mass is 16.6. The molecule has 2 aliphatic rings. The topological polar surface area (TPSA) is 97.4 Å². The lowest BCUT2D eigenvalue weighted by atomic mass is 10.00. The first-order valence-corrected chi connectivity index (χ1v) is 11.3. The Morgan fingerprint density at radius 2 is 1.44 bits per heavy atom. The maximum Gasteiger partial charge on any atom is 0.344 e. The minimum atomic E-state index is -0.506. The number of rotatable bonds is 8. The number of carbonyl (C=O) groups is 3. The average molecular weight is 486 g/mol. The molecule has 182 valence electrons. The smallest absolute Gasteiger partial charge is 0.344 e. The van der Waals surface area contributed by atoms with Crippen LogP contribution < -0.4 is 24.6 Å². The van der Waals surface area contributed by atoms with E-state index in [1.165, 1.54) is 7.11 Å². The Balaban J connectivity index is 1.47. The molecule has 0 atom stereocenters. The fraction of sp³-hybridized carbons (Fsp3) is 0.179. The van der Waals surface area contributed by atoms with Crippen LogP contribution in [0.3, 0.4) is 0 Å². The van der Waals surface area contributed by atoms with Crippen molar-refractivity contribution in [2.45, 2.75) is 6.92 Å². The summed E-state index contributed by atoms with van der Waals surface area (Å²) in [5.41, 5.74) is 2.84.